The van der Waals surface area contributed by atoms with Crippen LogP contribution < -0.4 is 10.2 Å². The molecule has 1 fully saturated rings. The summed E-state index contributed by atoms with van der Waals surface area (Å²) in [5.74, 6) is 1.33. The molecule has 2 aromatic rings. The quantitative estimate of drug-likeness (QED) is 0.276. The number of hydrogen-bond donors (Lipinski definition) is 3. The van der Waals surface area contributed by atoms with E-state index in [4.69, 9.17) is 5.21 Å². The van der Waals surface area contributed by atoms with Crippen molar-refractivity contribution in [3.63, 3.8) is 0 Å². The van der Waals surface area contributed by atoms with E-state index in [-0.39, 0.29) is 10.8 Å². The molecule has 1 aliphatic carbocycles. The van der Waals surface area contributed by atoms with Crippen molar-refractivity contribution in [1.82, 2.24) is 15.2 Å². The average Bonchev–Trinajstić information content (AvgIpc) is 3.18. The second-order valence-electron chi connectivity index (χ2n) is 8.61. The Hall–Kier alpha value is -1.20. The van der Waals surface area contributed by atoms with Gasteiger partial charge in [0, 0.05) is 5.75 Å². The maximum Gasteiger partial charge on any atom is 0.261 e. The standard InChI is InChI=1S/C21H31N3O4S3/c1-13(2)19(20(25)23-26)24-31(27,28)16-9-10-17-18(11-16)30-21(22-17)29-12-14(3)15-7-5-4-6-8-15/h9-11,13-15,19,24,26H,4-8,12H2,1-3H3,(H,23,25)/t14?,19-/m1/s1. The highest BCUT2D eigenvalue weighted by Gasteiger charge is 2.28. The van der Waals surface area contributed by atoms with Gasteiger partial charge in [-0.2, -0.15) is 4.72 Å². The van der Waals surface area contributed by atoms with Gasteiger partial charge in [0.2, 0.25) is 10.0 Å². The molecule has 1 saturated carbocycles. The van der Waals surface area contributed by atoms with E-state index in [0.717, 1.165) is 26.2 Å². The normalized spacial score (nSPS) is 17.7. The molecule has 0 spiro atoms. The maximum atomic E-state index is 12.8. The van der Waals surface area contributed by atoms with Crippen LogP contribution in [0, 0.1) is 17.8 Å². The molecule has 0 saturated heterocycles. The van der Waals surface area contributed by atoms with Crippen LogP contribution in [0.4, 0.5) is 0 Å². The van der Waals surface area contributed by atoms with E-state index in [2.05, 4.69) is 16.6 Å². The van der Waals surface area contributed by atoms with Crippen molar-refractivity contribution < 1.29 is 18.4 Å². The molecule has 31 heavy (non-hydrogen) atoms. The predicted octanol–water partition coefficient (Wildman–Crippen LogP) is 4.41. The summed E-state index contributed by atoms with van der Waals surface area (Å²) in [4.78, 5) is 16.5. The van der Waals surface area contributed by atoms with Crippen LogP contribution in [0.1, 0.15) is 52.9 Å². The largest absolute Gasteiger partial charge is 0.289 e. The summed E-state index contributed by atoms with van der Waals surface area (Å²) >= 11 is 3.24. The number of hydrogen-bond acceptors (Lipinski definition) is 7. The summed E-state index contributed by atoms with van der Waals surface area (Å²) < 4.78 is 29.8. The van der Waals surface area contributed by atoms with Gasteiger partial charge in [0.1, 0.15) is 6.04 Å². The number of benzene rings is 1. The van der Waals surface area contributed by atoms with Crippen LogP contribution in [0.3, 0.4) is 0 Å². The van der Waals surface area contributed by atoms with Crippen molar-refractivity contribution in [2.45, 2.75) is 68.2 Å². The Kier molecular flexibility index (Phi) is 8.37. The Balaban J connectivity index is 1.71. The van der Waals surface area contributed by atoms with E-state index < -0.39 is 22.0 Å². The third-order valence-corrected chi connectivity index (χ3v) is 9.80. The number of aromatic nitrogens is 1. The number of hydroxylamine groups is 1. The first-order valence-corrected chi connectivity index (χ1v) is 14.0. The molecule has 1 aliphatic rings. The molecular formula is C21H31N3O4S3. The van der Waals surface area contributed by atoms with Crippen LogP contribution in [0.2, 0.25) is 0 Å². The highest BCUT2D eigenvalue weighted by atomic mass is 32.2. The van der Waals surface area contributed by atoms with Gasteiger partial charge in [0.05, 0.1) is 15.1 Å². The molecule has 7 nitrogen and oxygen atoms in total. The van der Waals surface area contributed by atoms with Crippen LogP contribution in [0.15, 0.2) is 27.4 Å². The van der Waals surface area contributed by atoms with Crippen molar-refractivity contribution in [2.24, 2.45) is 17.8 Å². The minimum Gasteiger partial charge on any atom is -0.289 e. The second-order valence-corrected chi connectivity index (χ2v) is 12.6. The topological polar surface area (TPSA) is 108 Å². The average molecular weight is 486 g/mol. The molecule has 1 amide bonds. The zero-order chi connectivity index (χ0) is 22.6. The number of rotatable bonds is 9. The zero-order valence-corrected chi connectivity index (χ0v) is 20.6. The number of fused-ring (bicyclic) bond motifs is 1. The lowest BCUT2D eigenvalue weighted by molar-refractivity contribution is -0.131. The minimum absolute atomic E-state index is 0.0761. The Morgan fingerprint density at radius 1 is 1.26 bits per heavy atom. The van der Waals surface area contributed by atoms with Crippen LogP contribution >= 0.6 is 23.1 Å². The summed E-state index contributed by atoms with van der Waals surface area (Å²) in [7, 11) is -3.93. The van der Waals surface area contributed by atoms with E-state index in [1.165, 1.54) is 55.0 Å². The van der Waals surface area contributed by atoms with Gasteiger partial charge in [-0.1, -0.05) is 64.6 Å². The summed E-state index contributed by atoms with van der Waals surface area (Å²) in [6.07, 6.45) is 6.67. The molecule has 1 unspecified atom stereocenters. The van der Waals surface area contributed by atoms with Crippen molar-refractivity contribution in [3.8, 4) is 0 Å². The maximum absolute atomic E-state index is 12.8. The third-order valence-electron chi connectivity index (χ3n) is 5.92. The summed E-state index contributed by atoms with van der Waals surface area (Å²) in [6, 6.07) is 3.72. The summed E-state index contributed by atoms with van der Waals surface area (Å²) in [6.45, 7) is 5.72. The molecule has 0 aliphatic heterocycles. The fourth-order valence-electron chi connectivity index (χ4n) is 3.95. The van der Waals surface area contributed by atoms with Crippen molar-refractivity contribution in [3.05, 3.63) is 18.2 Å². The predicted molar refractivity (Wildman–Crippen MR) is 125 cm³/mol. The molecule has 2 atom stereocenters. The Morgan fingerprint density at radius 2 is 1.97 bits per heavy atom. The van der Waals surface area contributed by atoms with Gasteiger partial charge in [-0.15, -0.1) is 11.3 Å². The van der Waals surface area contributed by atoms with Gasteiger partial charge in [-0.3, -0.25) is 10.0 Å². The van der Waals surface area contributed by atoms with Crippen molar-refractivity contribution in [1.29, 1.82) is 0 Å². The Labute approximate surface area is 192 Å². The van der Waals surface area contributed by atoms with Gasteiger partial charge in [0.25, 0.3) is 5.91 Å². The molecule has 0 bridgehead atoms. The highest BCUT2D eigenvalue weighted by Crippen LogP contribution is 2.36. The zero-order valence-electron chi connectivity index (χ0n) is 18.1. The van der Waals surface area contributed by atoms with Crippen LogP contribution in [0.25, 0.3) is 10.2 Å². The van der Waals surface area contributed by atoms with E-state index in [9.17, 15) is 13.2 Å². The smallest absolute Gasteiger partial charge is 0.261 e. The third kappa shape index (κ3) is 6.19. The van der Waals surface area contributed by atoms with Crippen molar-refractivity contribution in [2.75, 3.05) is 5.75 Å². The SMILES string of the molecule is CC(CSc1nc2ccc(S(=O)(=O)N[C@@H](C(=O)NO)C(C)C)cc2s1)C1CCCCC1. The molecule has 3 N–H and O–H groups in total. The number of nitrogens with zero attached hydrogens (tertiary/aromatic N) is 1. The first-order chi connectivity index (χ1) is 14.7. The minimum atomic E-state index is -3.93. The Bertz CT molecular complexity index is 1000. The van der Waals surface area contributed by atoms with Crippen molar-refractivity contribution >= 4 is 49.2 Å². The molecule has 10 heteroatoms. The van der Waals surface area contributed by atoms with Crippen LogP contribution in [-0.4, -0.2) is 36.3 Å². The van der Waals surface area contributed by atoms with E-state index >= 15 is 0 Å². The number of thioether (sulfide) groups is 1. The molecule has 0 radical (unpaired) electrons. The summed E-state index contributed by atoms with van der Waals surface area (Å²) in [5, 5.41) is 8.89. The fraction of sp³-hybridized carbons (Fsp3) is 0.619. The highest BCUT2D eigenvalue weighted by molar-refractivity contribution is 8.01. The van der Waals surface area contributed by atoms with E-state index in [1.807, 2.05) is 0 Å². The first-order valence-electron chi connectivity index (χ1n) is 10.7. The van der Waals surface area contributed by atoms with Gasteiger partial charge < -0.3 is 0 Å². The molecule has 1 heterocycles. The van der Waals surface area contributed by atoms with Crippen LogP contribution in [-0.2, 0) is 14.8 Å². The van der Waals surface area contributed by atoms with Gasteiger partial charge in [-0.05, 0) is 36.0 Å². The lowest BCUT2D eigenvalue weighted by Crippen LogP contribution is -2.48. The second kappa shape index (κ2) is 10.6. The molecular weight excluding hydrogens is 454 g/mol. The van der Waals surface area contributed by atoms with E-state index in [1.54, 1.807) is 37.7 Å². The lowest BCUT2D eigenvalue weighted by atomic mass is 9.82. The van der Waals surface area contributed by atoms with E-state index in [0.29, 0.717) is 5.92 Å². The molecule has 172 valence electrons. The van der Waals surface area contributed by atoms with Gasteiger partial charge >= 0.3 is 0 Å². The van der Waals surface area contributed by atoms with Crippen LogP contribution in [0.5, 0.6) is 0 Å². The first kappa shape index (κ1) is 24.4. The number of carbonyl (C=O) groups excluding carboxylic acids is 1. The monoisotopic (exact) mass is 485 g/mol. The van der Waals surface area contributed by atoms with Gasteiger partial charge in [0.15, 0.2) is 4.34 Å². The van der Waals surface area contributed by atoms with Gasteiger partial charge in [-0.25, -0.2) is 18.9 Å². The lowest BCUT2D eigenvalue weighted by Gasteiger charge is -2.27. The summed E-state index contributed by atoms with van der Waals surface area (Å²) in [5.41, 5.74) is 2.29. The molecule has 3 rings (SSSR count). The number of amides is 1. The number of nitrogens with one attached hydrogen (secondary N) is 2. The number of sulfonamides is 1. The molecule has 1 aromatic heterocycles. The fourth-order valence-corrected chi connectivity index (χ4v) is 7.68. The Morgan fingerprint density at radius 3 is 2.61 bits per heavy atom. The number of thiazole rings is 1. The molecule has 1 aromatic carbocycles. The number of carbonyl (C=O) groups is 1.